The number of rotatable bonds is 7. The van der Waals surface area contributed by atoms with Gasteiger partial charge in [-0.05, 0) is 49.4 Å². The van der Waals surface area contributed by atoms with Crippen LogP contribution in [0.2, 0.25) is 0 Å². The normalized spacial score (nSPS) is 23.0. The maximum absolute atomic E-state index is 11.2. The number of benzene rings is 1. The third kappa shape index (κ3) is 3.97. The Bertz CT molecular complexity index is 458. The number of carboxylic acids is 1. The average molecular weight is 291 g/mol. The van der Waals surface area contributed by atoms with E-state index in [1.807, 2.05) is 12.1 Å². The summed E-state index contributed by atoms with van der Waals surface area (Å²) in [5, 5.41) is 12.8. The minimum Gasteiger partial charge on any atom is -0.497 e. The first-order valence-corrected chi connectivity index (χ1v) is 7.75. The molecule has 21 heavy (non-hydrogen) atoms. The number of hydrogen-bond acceptors (Lipinski definition) is 3. The van der Waals surface area contributed by atoms with E-state index in [2.05, 4.69) is 24.4 Å². The number of carboxylic acid groups (broad SMARTS) is 1. The van der Waals surface area contributed by atoms with Crippen LogP contribution in [0.1, 0.15) is 44.2 Å². The SMILES string of the molecule is CCC(NCC1CCCC1C(=O)O)c1ccc(OC)cc1. The van der Waals surface area contributed by atoms with Crippen molar-refractivity contribution in [2.45, 2.75) is 38.6 Å². The third-order valence-corrected chi connectivity index (χ3v) is 4.53. The molecule has 116 valence electrons. The fourth-order valence-corrected chi connectivity index (χ4v) is 3.23. The molecule has 0 spiro atoms. The summed E-state index contributed by atoms with van der Waals surface area (Å²) >= 11 is 0. The van der Waals surface area contributed by atoms with Crippen LogP contribution in [-0.4, -0.2) is 24.7 Å². The molecule has 2 rings (SSSR count). The number of aliphatic carboxylic acids is 1. The predicted octanol–water partition coefficient (Wildman–Crippen LogP) is 3.24. The topological polar surface area (TPSA) is 58.6 Å². The molecule has 0 radical (unpaired) electrons. The zero-order valence-electron chi connectivity index (χ0n) is 12.8. The van der Waals surface area contributed by atoms with Crippen LogP contribution in [-0.2, 0) is 4.79 Å². The monoisotopic (exact) mass is 291 g/mol. The summed E-state index contributed by atoms with van der Waals surface area (Å²) in [6, 6.07) is 8.35. The Morgan fingerprint density at radius 3 is 2.67 bits per heavy atom. The average Bonchev–Trinajstić information content (AvgIpc) is 2.97. The molecule has 2 N–H and O–H groups in total. The number of methoxy groups -OCH3 is 1. The van der Waals surface area contributed by atoms with Gasteiger partial charge < -0.3 is 15.2 Å². The Labute approximate surface area is 126 Å². The Morgan fingerprint density at radius 1 is 1.38 bits per heavy atom. The minimum absolute atomic E-state index is 0.175. The highest BCUT2D eigenvalue weighted by atomic mass is 16.5. The van der Waals surface area contributed by atoms with Crippen LogP contribution < -0.4 is 10.1 Å². The predicted molar refractivity (Wildman–Crippen MR) is 82.5 cm³/mol. The largest absolute Gasteiger partial charge is 0.497 e. The number of ether oxygens (including phenoxy) is 1. The van der Waals surface area contributed by atoms with Crippen LogP contribution in [0.15, 0.2) is 24.3 Å². The summed E-state index contributed by atoms with van der Waals surface area (Å²) in [4.78, 5) is 11.2. The maximum Gasteiger partial charge on any atom is 0.306 e. The molecule has 0 saturated heterocycles. The Balaban J connectivity index is 1.94. The minimum atomic E-state index is -0.642. The van der Waals surface area contributed by atoms with E-state index in [0.29, 0.717) is 0 Å². The van der Waals surface area contributed by atoms with Crippen molar-refractivity contribution in [3.63, 3.8) is 0 Å². The van der Waals surface area contributed by atoms with Gasteiger partial charge in [0.15, 0.2) is 0 Å². The zero-order valence-corrected chi connectivity index (χ0v) is 12.8. The molecule has 1 fully saturated rings. The maximum atomic E-state index is 11.2. The van der Waals surface area contributed by atoms with E-state index in [-0.39, 0.29) is 17.9 Å². The lowest BCUT2D eigenvalue weighted by atomic mass is 9.95. The standard InChI is InChI=1S/C17H25NO3/c1-3-16(12-7-9-14(21-2)10-8-12)18-11-13-5-4-6-15(13)17(19)20/h7-10,13,15-16,18H,3-6,11H2,1-2H3,(H,19,20). The quantitative estimate of drug-likeness (QED) is 0.809. The summed E-state index contributed by atoms with van der Waals surface area (Å²) in [6.07, 6.45) is 3.85. The molecule has 1 aromatic rings. The fraction of sp³-hybridized carbons (Fsp3) is 0.588. The molecule has 1 saturated carbocycles. The summed E-state index contributed by atoms with van der Waals surface area (Å²) < 4.78 is 5.18. The van der Waals surface area contributed by atoms with Gasteiger partial charge >= 0.3 is 5.97 Å². The van der Waals surface area contributed by atoms with Crippen molar-refractivity contribution < 1.29 is 14.6 Å². The summed E-state index contributed by atoms with van der Waals surface area (Å²) in [5.74, 6) is 0.299. The molecule has 1 aliphatic carbocycles. The van der Waals surface area contributed by atoms with Crippen molar-refractivity contribution in [3.05, 3.63) is 29.8 Å². The molecule has 4 nitrogen and oxygen atoms in total. The smallest absolute Gasteiger partial charge is 0.306 e. The van der Waals surface area contributed by atoms with E-state index in [9.17, 15) is 9.90 Å². The molecule has 3 unspecified atom stereocenters. The van der Waals surface area contributed by atoms with Gasteiger partial charge in [-0.2, -0.15) is 0 Å². The van der Waals surface area contributed by atoms with Crippen LogP contribution in [0.4, 0.5) is 0 Å². The number of carbonyl (C=O) groups is 1. The molecule has 0 bridgehead atoms. The molecular weight excluding hydrogens is 266 g/mol. The lowest BCUT2D eigenvalue weighted by molar-refractivity contribution is -0.142. The van der Waals surface area contributed by atoms with Gasteiger partial charge in [-0.3, -0.25) is 4.79 Å². The molecule has 3 atom stereocenters. The van der Waals surface area contributed by atoms with Gasteiger partial charge in [-0.25, -0.2) is 0 Å². The Hall–Kier alpha value is -1.55. The van der Waals surface area contributed by atoms with E-state index >= 15 is 0 Å². The molecule has 1 aliphatic rings. The van der Waals surface area contributed by atoms with Crippen LogP contribution in [0.5, 0.6) is 5.75 Å². The third-order valence-electron chi connectivity index (χ3n) is 4.53. The van der Waals surface area contributed by atoms with Crippen LogP contribution >= 0.6 is 0 Å². The number of hydrogen-bond donors (Lipinski definition) is 2. The Morgan fingerprint density at radius 2 is 2.10 bits per heavy atom. The van der Waals surface area contributed by atoms with E-state index in [1.165, 1.54) is 5.56 Å². The summed E-state index contributed by atoms with van der Waals surface area (Å²) in [6.45, 7) is 2.92. The van der Waals surface area contributed by atoms with Crippen LogP contribution in [0, 0.1) is 11.8 Å². The highest BCUT2D eigenvalue weighted by Crippen LogP contribution is 2.32. The van der Waals surface area contributed by atoms with Crippen molar-refractivity contribution in [1.82, 2.24) is 5.32 Å². The first-order chi connectivity index (χ1) is 10.2. The van der Waals surface area contributed by atoms with Gasteiger partial charge in [0.25, 0.3) is 0 Å². The van der Waals surface area contributed by atoms with Crippen molar-refractivity contribution >= 4 is 5.97 Å². The van der Waals surface area contributed by atoms with Crippen molar-refractivity contribution in [2.24, 2.45) is 11.8 Å². The highest BCUT2D eigenvalue weighted by Gasteiger charge is 2.32. The number of nitrogens with one attached hydrogen (secondary N) is 1. The fourth-order valence-electron chi connectivity index (χ4n) is 3.23. The lowest BCUT2D eigenvalue weighted by Crippen LogP contribution is -2.31. The molecule has 1 aromatic carbocycles. The van der Waals surface area contributed by atoms with Crippen molar-refractivity contribution in [3.8, 4) is 5.75 Å². The van der Waals surface area contributed by atoms with Crippen molar-refractivity contribution in [1.29, 1.82) is 0 Å². The molecule has 0 heterocycles. The van der Waals surface area contributed by atoms with E-state index < -0.39 is 5.97 Å². The molecule has 0 aromatic heterocycles. The Kier molecular flexibility index (Phi) is 5.62. The summed E-state index contributed by atoms with van der Waals surface area (Å²) in [7, 11) is 1.66. The first-order valence-electron chi connectivity index (χ1n) is 7.75. The van der Waals surface area contributed by atoms with E-state index in [0.717, 1.165) is 38.0 Å². The molecule has 0 amide bonds. The van der Waals surface area contributed by atoms with Gasteiger partial charge in [0.05, 0.1) is 13.0 Å². The van der Waals surface area contributed by atoms with Gasteiger partial charge in [-0.15, -0.1) is 0 Å². The van der Waals surface area contributed by atoms with Crippen LogP contribution in [0.25, 0.3) is 0 Å². The zero-order chi connectivity index (χ0) is 15.2. The summed E-state index contributed by atoms with van der Waals surface area (Å²) in [5.41, 5.74) is 1.23. The van der Waals surface area contributed by atoms with Gasteiger partial charge in [0.1, 0.15) is 5.75 Å². The highest BCUT2D eigenvalue weighted by molar-refractivity contribution is 5.70. The lowest BCUT2D eigenvalue weighted by Gasteiger charge is -2.22. The first kappa shape index (κ1) is 15.8. The molecule has 0 aliphatic heterocycles. The molecular formula is C17H25NO3. The van der Waals surface area contributed by atoms with Gasteiger partial charge in [0, 0.05) is 6.04 Å². The second kappa shape index (κ2) is 7.46. The van der Waals surface area contributed by atoms with E-state index in [4.69, 9.17) is 4.74 Å². The van der Waals surface area contributed by atoms with Crippen LogP contribution in [0.3, 0.4) is 0 Å². The van der Waals surface area contributed by atoms with E-state index in [1.54, 1.807) is 7.11 Å². The van der Waals surface area contributed by atoms with Gasteiger partial charge in [-0.1, -0.05) is 25.5 Å². The molecule has 4 heteroatoms. The second-order valence-corrected chi connectivity index (χ2v) is 5.78. The second-order valence-electron chi connectivity index (χ2n) is 5.78. The van der Waals surface area contributed by atoms with Crippen molar-refractivity contribution in [2.75, 3.05) is 13.7 Å². The van der Waals surface area contributed by atoms with Gasteiger partial charge in [0.2, 0.25) is 0 Å².